The monoisotopic (exact) mass is 205 g/mol. The van der Waals surface area contributed by atoms with Gasteiger partial charge < -0.3 is 4.74 Å². The fourth-order valence-electron chi connectivity index (χ4n) is 0.810. The molecule has 1 aromatic rings. The van der Waals surface area contributed by atoms with E-state index >= 15 is 0 Å². The van der Waals surface area contributed by atoms with Crippen molar-refractivity contribution in [1.29, 1.82) is 0 Å². The standard InChI is InChI=1S/C8H9Cl2NO/c1-2-12-8-6(5-9)3-4-7(10)11-8/h3-4H,2,5H2,1H3. The van der Waals surface area contributed by atoms with Gasteiger partial charge in [-0.25, -0.2) is 4.98 Å². The summed E-state index contributed by atoms with van der Waals surface area (Å²) in [5.74, 6) is 0.916. The first-order valence-corrected chi connectivity index (χ1v) is 4.53. The van der Waals surface area contributed by atoms with Crippen LogP contribution in [0.15, 0.2) is 12.1 Å². The van der Waals surface area contributed by atoms with Crippen LogP contribution in [0, 0.1) is 0 Å². The number of pyridine rings is 1. The van der Waals surface area contributed by atoms with Gasteiger partial charge in [0.25, 0.3) is 0 Å². The maximum absolute atomic E-state index is 5.68. The molecule has 1 heterocycles. The molecule has 0 saturated carbocycles. The van der Waals surface area contributed by atoms with E-state index in [2.05, 4.69) is 4.98 Å². The molecule has 0 spiro atoms. The van der Waals surface area contributed by atoms with Gasteiger partial charge >= 0.3 is 0 Å². The molecule has 0 aliphatic rings. The molecule has 0 bridgehead atoms. The van der Waals surface area contributed by atoms with Gasteiger partial charge in [-0.1, -0.05) is 11.6 Å². The number of alkyl halides is 1. The normalized spacial score (nSPS) is 9.92. The van der Waals surface area contributed by atoms with Gasteiger partial charge in [-0.15, -0.1) is 11.6 Å². The van der Waals surface area contributed by atoms with Crippen molar-refractivity contribution in [2.45, 2.75) is 12.8 Å². The minimum atomic E-state index is 0.388. The van der Waals surface area contributed by atoms with Gasteiger partial charge in [0.1, 0.15) is 5.15 Å². The second kappa shape index (κ2) is 4.53. The average Bonchev–Trinajstić information content (AvgIpc) is 2.05. The molecular formula is C8H9Cl2NO. The molecule has 0 N–H and O–H groups in total. The molecule has 66 valence electrons. The van der Waals surface area contributed by atoms with Gasteiger partial charge in [0.15, 0.2) is 0 Å². The van der Waals surface area contributed by atoms with Gasteiger partial charge in [0.2, 0.25) is 5.88 Å². The molecule has 0 aromatic carbocycles. The van der Waals surface area contributed by atoms with Gasteiger partial charge in [-0.2, -0.15) is 0 Å². The molecule has 0 fully saturated rings. The third-order valence-corrected chi connectivity index (χ3v) is 1.83. The van der Waals surface area contributed by atoms with Crippen molar-refractivity contribution in [2.75, 3.05) is 6.61 Å². The number of aromatic nitrogens is 1. The number of nitrogens with zero attached hydrogens (tertiary/aromatic N) is 1. The van der Waals surface area contributed by atoms with E-state index in [9.17, 15) is 0 Å². The van der Waals surface area contributed by atoms with E-state index < -0.39 is 0 Å². The zero-order chi connectivity index (χ0) is 8.97. The second-order valence-electron chi connectivity index (χ2n) is 2.16. The molecule has 2 nitrogen and oxygen atoms in total. The van der Waals surface area contributed by atoms with Crippen LogP contribution >= 0.6 is 23.2 Å². The largest absolute Gasteiger partial charge is 0.478 e. The van der Waals surface area contributed by atoms with Crippen molar-refractivity contribution < 1.29 is 4.74 Å². The summed E-state index contributed by atoms with van der Waals surface area (Å²) >= 11 is 11.3. The summed E-state index contributed by atoms with van der Waals surface area (Å²) in [7, 11) is 0. The molecule has 0 radical (unpaired) electrons. The predicted octanol–water partition coefficient (Wildman–Crippen LogP) is 2.87. The second-order valence-corrected chi connectivity index (χ2v) is 2.82. The smallest absolute Gasteiger partial charge is 0.219 e. The highest BCUT2D eigenvalue weighted by Crippen LogP contribution is 2.20. The fraction of sp³-hybridized carbons (Fsp3) is 0.375. The Morgan fingerprint density at radius 1 is 1.50 bits per heavy atom. The van der Waals surface area contributed by atoms with Crippen LogP contribution in [0.3, 0.4) is 0 Å². The minimum absolute atomic E-state index is 0.388. The van der Waals surface area contributed by atoms with Crippen LogP contribution in [-0.2, 0) is 5.88 Å². The summed E-state index contributed by atoms with van der Waals surface area (Å²) in [6, 6.07) is 3.51. The summed E-state index contributed by atoms with van der Waals surface area (Å²) in [4.78, 5) is 3.99. The molecule has 1 aromatic heterocycles. The molecule has 4 heteroatoms. The van der Waals surface area contributed by atoms with Crippen molar-refractivity contribution in [3.8, 4) is 5.88 Å². The number of hydrogen-bond acceptors (Lipinski definition) is 2. The van der Waals surface area contributed by atoms with Gasteiger partial charge in [0, 0.05) is 5.56 Å². The molecular weight excluding hydrogens is 197 g/mol. The van der Waals surface area contributed by atoms with E-state index in [1.807, 2.05) is 13.0 Å². The minimum Gasteiger partial charge on any atom is -0.478 e. The van der Waals surface area contributed by atoms with Crippen LogP contribution in [0.25, 0.3) is 0 Å². The highest BCUT2D eigenvalue weighted by Gasteiger charge is 2.03. The molecule has 0 aliphatic heterocycles. The summed E-state index contributed by atoms with van der Waals surface area (Å²) in [6.45, 7) is 2.46. The number of hydrogen-bond donors (Lipinski definition) is 0. The SMILES string of the molecule is CCOc1nc(Cl)ccc1CCl. The molecule has 0 saturated heterocycles. The molecule has 0 aliphatic carbocycles. The zero-order valence-electron chi connectivity index (χ0n) is 6.68. The molecule has 0 unspecified atom stereocenters. The molecule has 0 atom stereocenters. The first-order chi connectivity index (χ1) is 5.77. The van der Waals surface area contributed by atoms with Gasteiger partial charge in [-0.05, 0) is 19.1 Å². The van der Waals surface area contributed by atoms with Crippen LogP contribution in [0.4, 0.5) is 0 Å². The Morgan fingerprint density at radius 2 is 2.25 bits per heavy atom. The Bertz CT molecular complexity index is 265. The average molecular weight is 206 g/mol. The Kier molecular flexibility index (Phi) is 3.63. The summed E-state index contributed by atoms with van der Waals surface area (Å²) in [6.07, 6.45) is 0. The van der Waals surface area contributed by atoms with Crippen LogP contribution in [0.5, 0.6) is 5.88 Å². The Morgan fingerprint density at radius 3 is 2.83 bits per heavy atom. The zero-order valence-corrected chi connectivity index (χ0v) is 8.19. The van der Waals surface area contributed by atoms with E-state index in [4.69, 9.17) is 27.9 Å². The van der Waals surface area contributed by atoms with Crippen molar-refractivity contribution in [2.24, 2.45) is 0 Å². The lowest BCUT2D eigenvalue weighted by Crippen LogP contribution is -1.98. The number of rotatable bonds is 3. The number of halogens is 2. The van der Waals surface area contributed by atoms with E-state index in [0.29, 0.717) is 23.5 Å². The van der Waals surface area contributed by atoms with E-state index in [1.165, 1.54) is 0 Å². The third kappa shape index (κ3) is 2.26. The van der Waals surface area contributed by atoms with Crippen molar-refractivity contribution >= 4 is 23.2 Å². The highest BCUT2D eigenvalue weighted by atomic mass is 35.5. The van der Waals surface area contributed by atoms with Crippen molar-refractivity contribution in [3.05, 3.63) is 22.8 Å². The van der Waals surface area contributed by atoms with E-state index in [1.54, 1.807) is 6.07 Å². The van der Waals surface area contributed by atoms with Crippen LogP contribution in [-0.4, -0.2) is 11.6 Å². The maximum Gasteiger partial charge on any atom is 0.219 e. The van der Waals surface area contributed by atoms with Crippen molar-refractivity contribution in [1.82, 2.24) is 4.98 Å². The van der Waals surface area contributed by atoms with Gasteiger partial charge in [-0.3, -0.25) is 0 Å². The topological polar surface area (TPSA) is 22.1 Å². The first-order valence-electron chi connectivity index (χ1n) is 3.62. The van der Waals surface area contributed by atoms with Crippen LogP contribution in [0.2, 0.25) is 5.15 Å². The van der Waals surface area contributed by atoms with Crippen molar-refractivity contribution in [3.63, 3.8) is 0 Å². The van der Waals surface area contributed by atoms with Crippen LogP contribution < -0.4 is 4.74 Å². The summed E-state index contributed by atoms with van der Waals surface area (Å²) < 4.78 is 5.23. The van der Waals surface area contributed by atoms with E-state index in [-0.39, 0.29) is 0 Å². The quantitative estimate of drug-likeness (QED) is 0.560. The lowest BCUT2D eigenvalue weighted by Gasteiger charge is -2.05. The molecule has 12 heavy (non-hydrogen) atoms. The van der Waals surface area contributed by atoms with Gasteiger partial charge in [0.05, 0.1) is 12.5 Å². The predicted molar refractivity (Wildman–Crippen MR) is 50.0 cm³/mol. The van der Waals surface area contributed by atoms with E-state index in [0.717, 1.165) is 5.56 Å². The Labute approximate surface area is 81.5 Å². The number of ether oxygens (including phenoxy) is 1. The fourth-order valence-corrected chi connectivity index (χ4v) is 1.15. The summed E-state index contributed by atoms with van der Waals surface area (Å²) in [5.41, 5.74) is 0.864. The molecule has 0 amide bonds. The molecule has 1 rings (SSSR count). The Hall–Kier alpha value is -0.470. The van der Waals surface area contributed by atoms with Crippen LogP contribution in [0.1, 0.15) is 12.5 Å². The lowest BCUT2D eigenvalue weighted by molar-refractivity contribution is 0.324. The highest BCUT2D eigenvalue weighted by molar-refractivity contribution is 6.29. The lowest BCUT2D eigenvalue weighted by atomic mass is 10.3. The maximum atomic E-state index is 5.68. The summed E-state index contributed by atoms with van der Waals surface area (Å²) in [5, 5.41) is 0.423. The Balaban J connectivity index is 2.95. The first kappa shape index (κ1) is 9.62. The third-order valence-electron chi connectivity index (χ3n) is 1.33.